The zero-order chi connectivity index (χ0) is 37.8. The van der Waals surface area contributed by atoms with Crippen molar-refractivity contribution in [1.82, 2.24) is 19.5 Å². The van der Waals surface area contributed by atoms with Crippen LogP contribution in [-0.2, 0) is 5.41 Å². The molecular weight excluding hydrogens is 683 g/mol. The van der Waals surface area contributed by atoms with Crippen molar-refractivity contribution < 1.29 is 0 Å². The molecule has 56 heavy (non-hydrogen) atoms. The maximum atomic E-state index is 9.43. The van der Waals surface area contributed by atoms with Crippen LogP contribution in [0.3, 0.4) is 0 Å². The van der Waals surface area contributed by atoms with Gasteiger partial charge in [0.25, 0.3) is 0 Å². The van der Waals surface area contributed by atoms with Gasteiger partial charge in [-0.25, -0.2) is 15.0 Å². The van der Waals surface area contributed by atoms with Gasteiger partial charge in [0.2, 0.25) is 0 Å². The Labute approximate surface area is 328 Å². The van der Waals surface area contributed by atoms with Crippen LogP contribution < -0.4 is 0 Å². The number of benzene rings is 6. The van der Waals surface area contributed by atoms with Crippen LogP contribution in [0.1, 0.15) is 57.1 Å². The topological polar surface area (TPSA) is 67.4 Å². The van der Waals surface area contributed by atoms with Crippen LogP contribution in [0.4, 0.5) is 0 Å². The van der Waals surface area contributed by atoms with E-state index in [9.17, 15) is 5.26 Å². The molecule has 0 radical (unpaired) electrons. The fraction of sp³-hybridized carbons (Fsp3) is 0.216. The number of nitrogens with zero attached hydrogens (tertiary/aromatic N) is 5. The lowest BCUT2D eigenvalue weighted by Crippen LogP contribution is -2.42. The van der Waals surface area contributed by atoms with Crippen LogP contribution in [-0.4, -0.2) is 19.5 Å². The van der Waals surface area contributed by atoms with Crippen molar-refractivity contribution >= 4 is 21.8 Å². The summed E-state index contributed by atoms with van der Waals surface area (Å²) in [5, 5.41) is 11.7. The Morgan fingerprint density at radius 3 is 1.91 bits per heavy atom. The summed E-state index contributed by atoms with van der Waals surface area (Å²) in [6.07, 6.45) is 6.76. The number of aromatic nitrogens is 4. The van der Waals surface area contributed by atoms with E-state index in [-0.39, 0.29) is 0 Å². The number of hydrogen-bond acceptors (Lipinski definition) is 4. The monoisotopic (exact) mass is 725 g/mol. The summed E-state index contributed by atoms with van der Waals surface area (Å²) < 4.78 is 2.37. The molecular formula is C51H43N5. The van der Waals surface area contributed by atoms with Gasteiger partial charge >= 0.3 is 0 Å². The Kier molecular flexibility index (Phi) is 8.37. The number of para-hydroxylation sites is 1. The molecule has 2 aliphatic carbocycles. The van der Waals surface area contributed by atoms with E-state index in [4.69, 9.17) is 15.0 Å². The summed E-state index contributed by atoms with van der Waals surface area (Å²) in [6.45, 7) is 4.93. The van der Waals surface area contributed by atoms with E-state index < -0.39 is 0 Å². The molecule has 2 aliphatic rings. The van der Waals surface area contributed by atoms with E-state index in [1.54, 1.807) is 12.1 Å². The fourth-order valence-electron chi connectivity index (χ4n) is 10.4. The Hall–Kier alpha value is -6.38. The number of rotatable bonds is 6. The second-order valence-electron chi connectivity index (χ2n) is 16.5. The first-order valence-corrected chi connectivity index (χ1v) is 20.0. The minimum Gasteiger partial charge on any atom is -0.309 e. The standard InChI is InChI=1S/C51H43N5/c1-33-26-36-27-34(2)30-51(29-33,31-36)41-24-22-37(23-25-41)40-12-8-13-42(28-40)56-45-16-7-6-14-43(45)47-44(15-9-17-46(47)56)50-54-48(38-10-4-3-5-11-38)53-49(55-50)39-20-18-35(32-52)19-21-39/h3-25,28,33-34,36H,26-27,29-31H2,1-2H3/t33-,34+,36?,51?. The van der Waals surface area contributed by atoms with Crippen LogP contribution >= 0.6 is 0 Å². The highest BCUT2D eigenvalue weighted by Crippen LogP contribution is 2.54. The van der Waals surface area contributed by atoms with Gasteiger partial charge in [-0.15, -0.1) is 0 Å². The highest BCUT2D eigenvalue weighted by atomic mass is 15.0. The van der Waals surface area contributed by atoms with Gasteiger partial charge in [0.1, 0.15) is 0 Å². The average molecular weight is 726 g/mol. The largest absolute Gasteiger partial charge is 0.309 e. The van der Waals surface area contributed by atoms with E-state index in [1.165, 1.54) is 48.8 Å². The lowest BCUT2D eigenvalue weighted by atomic mass is 9.54. The molecule has 10 rings (SSSR count). The SMILES string of the molecule is C[C@@H]1CC2C[C@H](C)CC(c3ccc(-c4cccc(-n5c6ccccc6c6c(-c7nc(-c8ccccc8)nc(-c8ccc(C#N)cc8)n7)cccc65)c4)cc3)(C2)C1. The predicted octanol–water partition coefficient (Wildman–Crippen LogP) is 12.6. The highest BCUT2D eigenvalue weighted by Gasteiger charge is 2.45. The third-order valence-corrected chi connectivity index (χ3v) is 12.4. The van der Waals surface area contributed by atoms with Crippen LogP contribution in [0, 0.1) is 29.1 Å². The zero-order valence-corrected chi connectivity index (χ0v) is 31.9. The van der Waals surface area contributed by atoms with E-state index in [1.807, 2.05) is 42.5 Å². The van der Waals surface area contributed by atoms with Crippen LogP contribution in [0.2, 0.25) is 0 Å². The molecule has 0 N–H and O–H groups in total. The minimum absolute atomic E-state index is 0.324. The van der Waals surface area contributed by atoms with Crippen LogP contribution in [0.5, 0.6) is 0 Å². The Bertz CT molecular complexity index is 2760. The average Bonchev–Trinajstić information content (AvgIpc) is 3.58. The second-order valence-corrected chi connectivity index (χ2v) is 16.5. The van der Waals surface area contributed by atoms with Crippen molar-refractivity contribution in [2.24, 2.45) is 17.8 Å². The van der Waals surface area contributed by atoms with Gasteiger partial charge < -0.3 is 4.57 Å². The van der Waals surface area contributed by atoms with Gasteiger partial charge in [-0.05, 0) is 120 Å². The van der Waals surface area contributed by atoms with Gasteiger partial charge in [0.05, 0.1) is 22.7 Å². The molecule has 0 spiro atoms. The molecule has 0 aliphatic heterocycles. The van der Waals surface area contributed by atoms with Crippen LogP contribution in [0.25, 0.3) is 72.8 Å². The molecule has 2 saturated carbocycles. The molecule has 4 atom stereocenters. The zero-order valence-electron chi connectivity index (χ0n) is 31.9. The summed E-state index contributed by atoms with van der Waals surface area (Å²) >= 11 is 0. The highest BCUT2D eigenvalue weighted by molar-refractivity contribution is 6.15. The first-order valence-electron chi connectivity index (χ1n) is 20.0. The number of hydrogen-bond donors (Lipinski definition) is 0. The predicted molar refractivity (Wildman–Crippen MR) is 227 cm³/mol. The van der Waals surface area contributed by atoms with Crippen molar-refractivity contribution in [3.8, 4) is 57.0 Å². The van der Waals surface area contributed by atoms with E-state index in [0.29, 0.717) is 28.5 Å². The van der Waals surface area contributed by atoms with Crippen molar-refractivity contribution in [1.29, 1.82) is 5.26 Å². The number of nitriles is 1. The maximum absolute atomic E-state index is 9.43. The molecule has 272 valence electrons. The van der Waals surface area contributed by atoms with Crippen LogP contribution in [0.15, 0.2) is 146 Å². The maximum Gasteiger partial charge on any atom is 0.164 e. The summed E-state index contributed by atoms with van der Waals surface area (Å²) in [4.78, 5) is 15.1. The molecule has 8 aromatic rings. The van der Waals surface area contributed by atoms with Crippen molar-refractivity contribution in [2.45, 2.75) is 51.4 Å². The van der Waals surface area contributed by atoms with Crippen molar-refractivity contribution in [2.75, 3.05) is 0 Å². The van der Waals surface area contributed by atoms with E-state index in [0.717, 1.165) is 61.9 Å². The van der Waals surface area contributed by atoms with Gasteiger partial charge in [-0.3, -0.25) is 0 Å². The summed E-state index contributed by atoms with van der Waals surface area (Å²) in [5.74, 6) is 4.23. The third kappa shape index (κ3) is 5.97. The lowest BCUT2D eigenvalue weighted by molar-refractivity contribution is 0.0780. The lowest BCUT2D eigenvalue weighted by Gasteiger charge is -2.50. The molecule has 2 unspecified atom stereocenters. The van der Waals surface area contributed by atoms with Gasteiger partial charge in [-0.2, -0.15) is 5.26 Å². The minimum atomic E-state index is 0.324. The molecule has 6 aromatic carbocycles. The fourth-order valence-corrected chi connectivity index (χ4v) is 10.4. The molecule has 0 amide bonds. The molecule has 5 nitrogen and oxygen atoms in total. The third-order valence-electron chi connectivity index (χ3n) is 12.4. The van der Waals surface area contributed by atoms with Gasteiger partial charge in [0.15, 0.2) is 17.5 Å². The van der Waals surface area contributed by atoms with Crippen molar-refractivity contribution in [3.05, 3.63) is 157 Å². The quantitative estimate of drug-likeness (QED) is 0.171. The van der Waals surface area contributed by atoms with Gasteiger partial charge in [0, 0.05) is 33.2 Å². The molecule has 0 saturated heterocycles. The first-order chi connectivity index (χ1) is 27.4. The summed E-state index contributed by atoms with van der Waals surface area (Å²) in [7, 11) is 0. The Morgan fingerprint density at radius 1 is 0.571 bits per heavy atom. The Morgan fingerprint density at radius 2 is 1.18 bits per heavy atom. The second kappa shape index (κ2) is 13.7. The van der Waals surface area contributed by atoms with E-state index in [2.05, 4.69) is 115 Å². The summed E-state index contributed by atoms with van der Waals surface area (Å²) in [5.41, 5.74) is 10.9. The Balaban J connectivity index is 1.08. The first kappa shape index (κ1) is 34.1. The molecule has 2 heterocycles. The number of fused-ring (bicyclic) bond motifs is 5. The molecule has 2 bridgehead atoms. The van der Waals surface area contributed by atoms with Gasteiger partial charge in [-0.1, -0.05) is 111 Å². The molecule has 2 fully saturated rings. The normalized spacial score (nSPS) is 20.6. The smallest absolute Gasteiger partial charge is 0.164 e. The molecule has 2 aromatic heterocycles. The van der Waals surface area contributed by atoms with Crippen molar-refractivity contribution in [3.63, 3.8) is 0 Å². The van der Waals surface area contributed by atoms with E-state index >= 15 is 0 Å². The summed E-state index contributed by atoms with van der Waals surface area (Å²) in [6, 6.07) is 53.3. The molecule has 5 heteroatoms.